The van der Waals surface area contributed by atoms with Crippen molar-refractivity contribution in [2.75, 3.05) is 13.2 Å². The minimum Gasteiger partial charge on any atom is -0.462 e. The summed E-state index contributed by atoms with van der Waals surface area (Å²) in [5, 5.41) is 0. The lowest BCUT2D eigenvalue weighted by molar-refractivity contribution is -0.167. The average molecular weight is 976 g/mol. The molecule has 0 aliphatic heterocycles. The Morgan fingerprint density at radius 2 is 0.478 bits per heavy atom. The van der Waals surface area contributed by atoms with E-state index in [0.717, 1.165) is 69.6 Å². The molecule has 0 aromatic rings. The van der Waals surface area contributed by atoms with Gasteiger partial charge in [-0.05, 0) is 31.1 Å². The summed E-state index contributed by atoms with van der Waals surface area (Å²) >= 11 is 0. The monoisotopic (exact) mass is 975 g/mol. The fraction of sp³-hybridized carbons (Fsp3) is 0.952. The molecular weight excluding hydrogens is 853 g/mol. The van der Waals surface area contributed by atoms with Crippen molar-refractivity contribution in [3.8, 4) is 0 Å². The standard InChI is InChI=1S/C63H122O6/c1-6-7-8-9-10-11-12-13-14-15-16-20-23-28-33-38-43-48-53-61(64)67-56-60(57-68-62(65)54-49-44-39-34-30-25-27-32-37-42-47-52-59(4)5)69-63(66)55-50-45-40-35-29-24-21-18-17-19-22-26-31-36-41-46-51-58(2)3/h58-60H,6-57H2,1-5H3/t60-/m0/s1. The second-order valence-corrected chi connectivity index (χ2v) is 22.6. The van der Waals surface area contributed by atoms with E-state index in [4.69, 9.17) is 14.2 Å². The van der Waals surface area contributed by atoms with Crippen LogP contribution in [0.1, 0.15) is 356 Å². The molecule has 0 radical (unpaired) electrons. The third-order valence-electron chi connectivity index (χ3n) is 14.5. The number of carbonyl (C=O) groups is 3. The number of rotatable bonds is 57. The van der Waals surface area contributed by atoms with Crippen LogP contribution in [-0.4, -0.2) is 37.2 Å². The number of hydrogen-bond donors (Lipinski definition) is 0. The Hall–Kier alpha value is -1.59. The molecule has 0 N–H and O–H groups in total. The first-order chi connectivity index (χ1) is 33.7. The fourth-order valence-electron chi connectivity index (χ4n) is 9.76. The van der Waals surface area contributed by atoms with E-state index in [2.05, 4.69) is 34.6 Å². The number of carbonyl (C=O) groups excluding carboxylic acids is 3. The van der Waals surface area contributed by atoms with E-state index in [0.29, 0.717) is 19.3 Å². The zero-order chi connectivity index (χ0) is 50.4. The molecule has 0 aromatic heterocycles. The summed E-state index contributed by atoms with van der Waals surface area (Å²) in [6.07, 6.45) is 61.0. The molecule has 0 heterocycles. The van der Waals surface area contributed by atoms with E-state index in [1.54, 1.807) is 0 Å². The predicted octanol–water partition coefficient (Wildman–Crippen LogP) is 20.8. The summed E-state index contributed by atoms with van der Waals surface area (Å²) in [4.78, 5) is 38.3. The molecule has 0 saturated carbocycles. The van der Waals surface area contributed by atoms with Crippen molar-refractivity contribution in [1.82, 2.24) is 0 Å². The highest BCUT2D eigenvalue weighted by Gasteiger charge is 2.19. The van der Waals surface area contributed by atoms with Gasteiger partial charge in [0, 0.05) is 19.3 Å². The smallest absolute Gasteiger partial charge is 0.306 e. The van der Waals surface area contributed by atoms with Gasteiger partial charge in [-0.25, -0.2) is 0 Å². The van der Waals surface area contributed by atoms with Gasteiger partial charge in [0.2, 0.25) is 0 Å². The molecule has 0 bridgehead atoms. The number of unbranched alkanes of at least 4 members (excludes halogenated alkanes) is 42. The Bertz CT molecular complexity index is 1060. The summed E-state index contributed by atoms with van der Waals surface area (Å²) in [6, 6.07) is 0. The molecule has 0 fully saturated rings. The maximum Gasteiger partial charge on any atom is 0.306 e. The van der Waals surface area contributed by atoms with E-state index in [1.807, 2.05) is 0 Å². The Labute approximate surface area is 431 Å². The molecule has 69 heavy (non-hydrogen) atoms. The maximum absolute atomic E-state index is 12.9. The van der Waals surface area contributed by atoms with Crippen LogP contribution in [0.5, 0.6) is 0 Å². The van der Waals surface area contributed by atoms with Crippen molar-refractivity contribution in [3.63, 3.8) is 0 Å². The molecule has 0 spiro atoms. The number of hydrogen-bond acceptors (Lipinski definition) is 6. The van der Waals surface area contributed by atoms with Crippen molar-refractivity contribution in [2.24, 2.45) is 11.8 Å². The first kappa shape index (κ1) is 67.4. The minimum absolute atomic E-state index is 0.0621. The van der Waals surface area contributed by atoms with Gasteiger partial charge >= 0.3 is 17.9 Å². The predicted molar refractivity (Wildman–Crippen MR) is 298 cm³/mol. The highest BCUT2D eigenvalue weighted by atomic mass is 16.6. The molecule has 0 aromatic carbocycles. The van der Waals surface area contributed by atoms with Gasteiger partial charge in [0.1, 0.15) is 13.2 Å². The Morgan fingerprint density at radius 1 is 0.275 bits per heavy atom. The summed E-state index contributed by atoms with van der Waals surface area (Å²) in [6.45, 7) is 11.4. The molecule has 6 nitrogen and oxygen atoms in total. The fourth-order valence-corrected chi connectivity index (χ4v) is 9.76. The van der Waals surface area contributed by atoms with Crippen LogP contribution < -0.4 is 0 Å². The molecule has 0 rings (SSSR count). The Morgan fingerprint density at radius 3 is 0.710 bits per heavy atom. The lowest BCUT2D eigenvalue weighted by atomic mass is 10.0. The highest BCUT2D eigenvalue weighted by Crippen LogP contribution is 2.19. The Balaban J connectivity index is 4.28. The lowest BCUT2D eigenvalue weighted by Gasteiger charge is -2.18. The van der Waals surface area contributed by atoms with E-state index in [1.165, 1.54) is 244 Å². The first-order valence-electron chi connectivity index (χ1n) is 31.2. The minimum atomic E-state index is -0.763. The zero-order valence-electron chi connectivity index (χ0n) is 47.5. The Kier molecular flexibility index (Phi) is 54.4. The quantitative estimate of drug-likeness (QED) is 0.0343. The summed E-state index contributed by atoms with van der Waals surface area (Å²) in [5.74, 6) is 0.845. The highest BCUT2D eigenvalue weighted by molar-refractivity contribution is 5.71. The van der Waals surface area contributed by atoms with E-state index < -0.39 is 6.10 Å². The van der Waals surface area contributed by atoms with Gasteiger partial charge in [-0.3, -0.25) is 14.4 Å². The van der Waals surface area contributed by atoms with Crippen molar-refractivity contribution in [2.45, 2.75) is 362 Å². The second-order valence-electron chi connectivity index (χ2n) is 22.6. The van der Waals surface area contributed by atoms with Gasteiger partial charge in [0.25, 0.3) is 0 Å². The van der Waals surface area contributed by atoms with Crippen LogP contribution >= 0.6 is 0 Å². The van der Waals surface area contributed by atoms with Gasteiger partial charge in [-0.2, -0.15) is 0 Å². The molecule has 0 saturated heterocycles. The van der Waals surface area contributed by atoms with Crippen molar-refractivity contribution in [3.05, 3.63) is 0 Å². The van der Waals surface area contributed by atoms with Crippen molar-refractivity contribution in [1.29, 1.82) is 0 Å². The molecule has 410 valence electrons. The molecule has 6 heteroatoms. The average Bonchev–Trinajstić information content (AvgIpc) is 3.32. The summed E-state index contributed by atoms with van der Waals surface area (Å²) in [5.41, 5.74) is 0. The van der Waals surface area contributed by atoms with Gasteiger partial charge in [0.15, 0.2) is 6.10 Å². The van der Waals surface area contributed by atoms with Crippen LogP contribution in [0.25, 0.3) is 0 Å². The zero-order valence-corrected chi connectivity index (χ0v) is 47.5. The molecule has 0 aliphatic carbocycles. The summed E-state index contributed by atoms with van der Waals surface area (Å²) in [7, 11) is 0. The third kappa shape index (κ3) is 57.2. The van der Waals surface area contributed by atoms with Crippen LogP contribution in [-0.2, 0) is 28.6 Å². The van der Waals surface area contributed by atoms with E-state index in [-0.39, 0.29) is 31.1 Å². The van der Waals surface area contributed by atoms with Crippen LogP contribution in [0, 0.1) is 11.8 Å². The summed E-state index contributed by atoms with van der Waals surface area (Å²) < 4.78 is 16.9. The number of ether oxygens (including phenoxy) is 3. The second kappa shape index (κ2) is 55.7. The van der Waals surface area contributed by atoms with Gasteiger partial charge in [-0.15, -0.1) is 0 Å². The van der Waals surface area contributed by atoms with E-state index >= 15 is 0 Å². The van der Waals surface area contributed by atoms with Gasteiger partial charge in [-0.1, -0.05) is 317 Å². The largest absolute Gasteiger partial charge is 0.462 e. The molecule has 1 atom stereocenters. The lowest BCUT2D eigenvalue weighted by Crippen LogP contribution is -2.30. The van der Waals surface area contributed by atoms with Gasteiger partial charge in [0.05, 0.1) is 0 Å². The van der Waals surface area contributed by atoms with Crippen LogP contribution in [0.4, 0.5) is 0 Å². The van der Waals surface area contributed by atoms with Crippen molar-refractivity contribution < 1.29 is 28.6 Å². The van der Waals surface area contributed by atoms with Crippen LogP contribution in [0.2, 0.25) is 0 Å². The molecular formula is C63H122O6. The molecule has 0 unspecified atom stereocenters. The topological polar surface area (TPSA) is 78.9 Å². The number of esters is 3. The third-order valence-corrected chi connectivity index (χ3v) is 14.5. The van der Waals surface area contributed by atoms with E-state index in [9.17, 15) is 14.4 Å². The first-order valence-corrected chi connectivity index (χ1v) is 31.2. The van der Waals surface area contributed by atoms with Crippen LogP contribution in [0.15, 0.2) is 0 Å². The molecule has 0 amide bonds. The van der Waals surface area contributed by atoms with Crippen LogP contribution in [0.3, 0.4) is 0 Å². The normalized spacial score (nSPS) is 12.0. The SMILES string of the molecule is CCCCCCCCCCCCCCCCCCCCC(=O)OC[C@@H](COC(=O)CCCCCCCCCCCCCC(C)C)OC(=O)CCCCCCCCCCCCCCCCCCC(C)C. The van der Waals surface area contributed by atoms with Crippen molar-refractivity contribution >= 4 is 17.9 Å². The molecule has 0 aliphatic rings. The maximum atomic E-state index is 12.9. The van der Waals surface area contributed by atoms with Gasteiger partial charge < -0.3 is 14.2 Å².